The molecule has 6 atom stereocenters. The van der Waals surface area contributed by atoms with Crippen molar-refractivity contribution in [3.8, 4) is 0 Å². The normalized spacial score (nSPS) is 46.5. The van der Waals surface area contributed by atoms with Crippen LogP contribution in [0.2, 0.25) is 0 Å². The number of carbonyl (C=O) groups is 2. The van der Waals surface area contributed by atoms with Gasteiger partial charge in [-0.3, -0.25) is 9.59 Å². The third-order valence-corrected chi connectivity index (χ3v) is 7.80. The number of rotatable bonds is 1. The van der Waals surface area contributed by atoms with Crippen molar-refractivity contribution < 1.29 is 9.59 Å². The molecule has 0 aromatic heterocycles. The van der Waals surface area contributed by atoms with Crippen LogP contribution in [0.3, 0.4) is 0 Å². The van der Waals surface area contributed by atoms with Crippen molar-refractivity contribution in [2.75, 3.05) is 0 Å². The van der Waals surface area contributed by atoms with Crippen molar-refractivity contribution in [1.29, 1.82) is 0 Å². The molecule has 3 nitrogen and oxygen atoms in total. The van der Waals surface area contributed by atoms with Crippen LogP contribution in [0.1, 0.15) is 46.5 Å². The van der Waals surface area contributed by atoms with Crippen molar-refractivity contribution >= 4 is 11.6 Å². The fraction of sp³-hybridized carbons (Fsp3) is 0.619. The van der Waals surface area contributed by atoms with E-state index < -0.39 is 0 Å². The maximum Gasteiger partial charge on any atom is 0.201 e. The largest absolute Gasteiger partial charge is 0.395 e. The summed E-state index contributed by atoms with van der Waals surface area (Å²) in [5.41, 5.74) is 7.52. The monoisotopic (exact) mass is 325 g/mol. The Labute approximate surface area is 144 Å². The molecule has 0 saturated heterocycles. The number of hydrogen-bond donors (Lipinski definition) is 1. The molecule has 0 aromatic carbocycles. The van der Waals surface area contributed by atoms with E-state index in [1.807, 2.05) is 0 Å². The summed E-state index contributed by atoms with van der Waals surface area (Å²) in [4.78, 5) is 24.1. The van der Waals surface area contributed by atoms with Crippen LogP contribution >= 0.6 is 0 Å². The minimum atomic E-state index is -0.146. The number of ketones is 2. The van der Waals surface area contributed by atoms with E-state index in [-0.39, 0.29) is 22.5 Å². The van der Waals surface area contributed by atoms with Gasteiger partial charge in [0.25, 0.3) is 0 Å². The van der Waals surface area contributed by atoms with Gasteiger partial charge < -0.3 is 5.73 Å². The molecule has 4 aliphatic rings. The van der Waals surface area contributed by atoms with Crippen LogP contribution in [-0.4, -0.2) is 11.6 Å². The van der Waals surface area contributed by atoms with Gasteiger partial charge in [0.1, 0.15) is 5.78 Å². The van der Waals surface area contributed by atoms with Gasteiger partial charge in [0, 0.05) is 11.3 Å². The van der Waals surface area contributed by atoms with E-state index in [1.165, 1.54) is 0 Å². The lowest BCUT2D eigenvalue weighted by molar-refractivity contribution is -0.126. The first-order chi connectivity index (χ1) is 11.3. The number of fused-ring (bicyclic) bond motifs is 5. The fourth-order valence-corrected chi connectivity index (χ4v) is 6.48. The van der Waals surface area contributed by atoms with E-state index in [1.54, 1.807) is 13.0 Å². The highest BCUT2D eigenvalue weighted by Crippen LogP contribution is 2.64. The summed E-state index contributed by atoms with van der Waals surface area (Å²) in [5, 5.41) is 0. The average molecular weight is 325 g/mol. The molecule has 4 rings (SSSR count). The van der Waals surface area contributed by atoms with Gasteiger partial charge in [-0.25, -0.2) is 0 Å². The Morgan fingerprint density at radius 1 is 1.17 bits per heavy atom. The summed E-state index contributed by atoms with van der Waals surface area (Å²) in [5.74, 6) is 2.03. The highest BCUT2D eigenvalue weighted by molar-refractivity contribution is 6.05. The van der Waals surface area contributed by atoms with Crippen molar-refractivity contribution in [2.45, 2.75) is 46.5 Å². The predicted molar refractivity (Wildman–Crippen MR) is 93.8 cm³/mol. The lowest BCUT2D eigenvalue weighted by atomic mass is 9.49. The standard InChI is InChI=1S/C21H27NO2/c1-12(23)14-6-7-15-13-4-5-17-19(22)18(24)9-11-21(17,3)16(13)8-10-20(14,15)2/h4-5,9,11,13-16H,6-8,10,22H2,1-3H3/t13-,14+,15-,16-,20+,21+/m0/s1. The SMILES string of the molecule is CC(=O)[C@H]1CC[C@H]2[C@@H]3C=CC4=C(N)C(=O)C=C[C@]4(C)[C@H]3CC[C@]12C. The van der Waals surface area contributed by atoms with Gasteiger partial charge in [-0.2, -0.15) is 0 Å². The minimum absolute atomic E-state index is 0.0660. The van der Waals surface area contributed by atoms with Gasteiger partial charge in [-0.1, -0.05) is 32.1 Å². The van der Waals surface area contributed by atoms with Crippen molar-refractivity contribution in [1.82, 2.24) is 0 Å². The van der Waals surface area contributed by atoms with Gasteiger partial charge >= 0.3 is 0 Å². The number of Topliss-reactive ketones (excluding diaryl/α,β-unsaturated/α-hetero) is 1. The highest BCUT2D eigenvalue weighted by Gasteiger charge is 2.58. The third-order valence-electron chi connectivity index (χ3n) is 7.80. The molecule has 0 radical (unpaired) electrons. The average Bonchev–Trinajstić information content (AvgIpc) is 2.89. The predicted octanol–water partition coefficient (Wildman–Crippen LogP) is 3.56. The third kappa shape index (κ3) is 1.84. The topological polar surface area (TPSA) is 60.2 Å². The summed E-state index contributed by atoms with van der Waals surface area (Å²) in [6.07, 6.45) is 12.5. The quantitative estimate of drug-likeness (QED) is 0.802. The van der Waals surface area contributed by atoms with Gasteiger partial charge in [0.15, 0.2) is 0 Å². The molecule has 0 spiro atoms. The maximum atomic E-state index is 12.1. The summed E-state index contributed by atoms with van der Waals surface area (Å²) in [6.45, 7) is 6.34. The zero-order valence-corrected chi connectivity index (χ0v) is 14.8. The van der Waals surface area contributed by atoms with E-state index in [0.717, 1.165) is 31.3 Å². The second-order valence-corrected chi connectivity index (χ2v) is 8.74. The van der Waals surface area contributed by atoms with Crippen LogP contribution in [0, 0.1) is 34.5 Å². The van der Waals surface area contributed by atoms with E-state index >= 15 is 0 Å². The van der Waals surface area contributed by atoms with Crippen LogP contribution in [0.5, 0.6) is 0 Å². The van der Waals surface area contributed by atoms with E-state index in [0.29, 0.717) is 29.2 Å². The van der Waals surface area contributed by atoms with Gasteiger partial charge in [0.2, 0.25) is 5.78 Å². The lowest BCUT2D eigenvalue weighted by Gasteiger charge is -2.54. The zero-order valence-electron chi connectivity index (χ0n) is 14.8. The van der Waals surface area contributed by atoms with Crippen LogP contribution in [-0.2, 0) is 9.59 Å². The van der Waals surface area contributed by atoms with Gasteiger partial charge in [-0.15, -0.1) is 0 Å². The Morgan fingerprint density at radius 2 is 1.92 bits per heavy atom. The van der Waals surface area contributed by atoms with E-state index in [9.17, 15) is 9.59 Å². The van der Waals surface area contributed by atoms with E-state index in [4.69, 9.17) is 5.73 Å². The summed E-state index contributed by atoms with van der Waals surface area (Å²) in [7, 11) is 0. The number of nitrogens with two attached hydrogens (primary N) is 1. The van der Waals surface area contributed by atoms with Crippen molar-refractivity contribution in [2.24, 2.45) is 40.2 Å². The molecule has 2 saturated carbocycles. The summed E-state index contributed by atoms with van der Waals surface area (Å²) >= 11 is 0. The first-order valence-corrected chi connectivity index (χ1v) is 9.21. The smallest absolute Gasteiger partial charge is 0.201 e. The van der Waals surface area contributed by atoms with Crippen LogP contribution in [0.15, 0.2) is 35.6 Å². The Kier molecular flexibility index (Phi) is 3.26. The first-order valence-electron chi connectivity index (χ1n) is 9.21. The fourth-order valence-electron chi connectivity index (χ4n) is 6.48. The van der Waals surface area contributed by atoms with Crippen LogP contribution < -0.4 is 5.73 Å². The van der Waals surface area contributed by atoms with Crippen LogP contribution in [0.25, 0.3) is 0 Å². The van der Waals surface area contributed by atoms with Crippen LogP contribution in [0.4, 0.5) is 0 Å². The zero-order chi connectivity index (χ0) is 17.3. The number of carbonyl (C=O) groups excluding carboxylic acids is 2. The lowest BCUT2D eigenvalue weighted by Crippen LogP contribution is -2.49. The molecule has 3 heteroatoms. The van der Waals surface area contributed by atoms with Crippen molar-refractivity contribution in [3.05, 3.63) is 35.6 Å². The molecule has 0 aromatic rings. The molecule has 0 unspecified atom stereocenters. The Bertz CT molecular complexity index is 715. The Morgan fingerprint density at radius 3 is 2.62 bits per heavy atom. The number of hydrogen-bond acceptors (Lipinski definition) is 3. The number of allylic oxidation sites excluding steroid dienone is 5. The molecule has 24 heavy (non-hydrogen) atoms. The molecular formula is C21H27NO2. The highest BCUT2D eigenvalue weighted by atomic mass is 16.1. The maximum absolute atomic E-state index is 12.1. The molecule has 0 heterocycles. The minimum Gasteiger partial charge on any atom is -0.395 e. The van der Waals surface area contributed by atoms with E-state index in [2.05, 4.69) is 32.1 Å². The Balaban J connectivity index is 1.77. The molecule has 4 aliphatic carbocycles. The molecule has 0 aliphatic heterocycles. The molecule has 0 amide bonds. The Hall–Kier alpha value is -1.64. The molecule has 2 N–H and O–H groups in total. The molecule has 2 fully saturated rings. The first kappa shape index (κ1) is 15.9. The molecule has 0 bridgehead atoms. The van der Waals surface area contributed by atoms with Crippen molar-refractivity contribution in [3.63, 3.8) is 0 Å². The molecule has 128 valence electrons. The summed E-state index contributed by atoms with van der Waals surface area (Å²) in [6, 6.07) is 0. The molecular weight excluding hydrogens is 298 g/mol. The second-order valence-electron chi connectivity index (χ2n) is 8.74. The summed E-state index contributed by atoms with van der Waals surface area (Å²) < 4.78 is 0. The second kappa shape index (κ2) is 4.93. The van der Waals surface area contributed by atoms with Gasteiger partial charge in [0.05, 0.1) is 5.70 Å². The van der Waals surface area contributed by atoms with Gasteiger partial charge in [-0.05, 0) is 67.4 Å².